The van der Waals surface area contributed by atoms with Crippen LogP contribution < -0.4 is 5.32 Å². The maximum Gasteiger partial charge on any atom is 0.254 e. The van der Waals surface area contributed by atoms with Gasteiger partial charge < -0.3 is 5.32 Å². The summed E-state index contributed by atoms with van der Waals surface area (Å²) in [5.41, 5.74) is 0.678. The zero-order valence-electron chi connectivity index (χ0n) is 8.81. The average molecular weight is 268 g/mol. The lowest BCUT2D eigenvalue weighted by Gasteiger charge is -2.17. The third-order valence-electron chi connectivity index (χ3n) is 2.23. The maximum atomic E-state index is 12.7. The number of nitrogens with one attached hydrogen (secondary N) is 1. The highest BCUT2D eigenvalue weighted by molar-refractivity contribution is 6.35. The quantitative estimate of drug-likeness (QED) is 0.856. The Morgan fingerprint density at radius 1 is 1.31 bits per heavy atom. The Hall–Kier alpha value is -0.380. The van der Waals surface area contributed by atoms with Gasteiger partial charge in [0, 0.05) is 10.0 Å². The summed E-state index contributed by atoms with van der Waals surface area (Å²) in [7, 11) is 0. The molecule has 16 heavy (non-hydrogen) atoms. The molecule has 0 amide bonds. The van der Waals surface area contributed by atoms with Crippen LogP contribution in [-0.4, -0.2) is 19.0 Å². The molecular weight excluding hydrogens is 255 g/mol. The van der Waals surface area contributed by atoms with Crippen LogP contribution in [0.5, 0.6) is 0 Å². The summed E-state index contributed by atoms with van der Waals surface area (Å²) in [6, 6.07) is 4.02. The number of likely N-dealkylation sites (N-methyl/N-ethyl adjacent to an activating group) is 1. The van der Waals surface area contributed by atoms with Crippen molar-refractivity contribution < 1.29 is 8.78 Å². The summed E-state index contributed by atoms with van der Waals surface area (Å²) in [6.07, 6.45) is -2.21. The van der Waals surface area contributed by atoms with Gasteiger partial charge in [0.15, 0.2) is 0 Å². The molecule has 1 aromatic carbocycles. The van der Waals surface area contributed by atoms with Gasteiger partial charge in [-0.25, -0.2) is 8.78 Å². The van der Waals surface area contributed by atoms with Crippen molar-refractivity contribution >= 4 is 23.2 Å². The van der Waals surface area contributed by atoms with Crippen LogP contribution in [0.15, 0.2) is 18.2 Å². The van der Waals surface area contributed by atoms with Crippen molar-refractivity contribution in [2.45, 2.75) is 25.8 Å². The molecule has 0 aliphatic heterocycles. The zero-order chi connectivity index (χ0) is 12.1. The van der Waals surface area contributed by atoms with Gasteiger partial charge in [-0.15, -0.1) is 0 Å². The Bertz CT molecular complexity index is 345. The lowest BCUT2D eigenvalue weighted by atomic mass is 10.1. The van der Waals surface area contributed by atoms with Crippen molar-refractivity contribution in [2.75, 3.05) is 6.54 Å². The SMILES string of the molecule is CCNC(Cc1ccc(Cl)cc1Cl)C(F)F. The molecule has 90 valence electrons. The van der Waals surface area contributed by atoms with Crippen molar-refractivity contribution in [1.29, 1.82) is 0 Å². The van der Waals surface area contributed by atoms with Crippen molar-refractivity contribution in [3.05, 3.63) is 33.8 Å². The summed E-state index contributed by atoms with van der Waals surface area (Å²) in [5.74, 6) is 0. The summed E-state index contributed by atoms with van der Waals surface area (Å²) in [6.45, 7) is 2.29. The fourth-order valence-corrected chi connectivity index (χ4v) is 1.92. The predicted molar refractivity (Wildman–Crippen MR) is 63.6 cm³/mol. The normalized spacial score (nSPS) is 13.1. The highest BCUT2D eigenvalue weighted by Gasteiger charge is 2.20. The number of halogens is 4. The van der Waals surface area contributed by atoms with Crippen LogP contribution in [0.1, 0.15) is 12.5 Å². The monoisotopic (exact) mass is 267 g/mol. The summed E-state index contributed by atoms with van der Waals surface area (Å²) in [4.78, 5) is 0. The Kier molecular flexibility index (Phi) is 5.46. The Morgan fingerprint density at radius 3 is 2.50 bits per heavy atom. The minimum Gasteiger partial charge on any atom is -0.309 e. The van der Waals surface area contributed by atoms with E-state index < -0.39 is 12.5 Å². The van der Waals surface area contributed by atoms with E-state index in [0.717, 1.165) is 0 Å². The van der Waals surface area contributed by atoms with E-state index in [9.17, 15) is 8.78 Å². The molecule has 1 rings (SSSR count). The highest BCUT2D eigenvalue weighted by Crippen LogP contribution is 2.23. The van der Waals surface area contributed by atoms with E-state index in [4.69, 9.17) is 23.2 Å². The van der Waals surface area contributed by atoms with Crippen LogP contribution in [0, 0.1) is 0 Å². The second-order valence-corrected chi connectivity index (χ2v) is 4.28. The Morgan fingerprint density at radius 2 is 2.00 bits per heavy atom. The first-order chi connectivity index (χ1) is 7.54. The van der Waals surface area contributed by atoms with Crippen molar-refractivity contribution in [1.82, 2.24) is 5.32 Å². The lowest BCUT2D eigenvalue weighted by molar-refractivity contribution is 0.0991. The van der Waals surface area contributed by atoms with Crippen molar-refractivity contribution in [2.24, 2.45) is 0 Å². The first kappa shape index (κ1) is 13.7. The Labute approximate surface area is 104 Å². The molecule has 0 bridgehead atoms. The van der Waals surface area contributed by atoms with Crippen molar-refractivity contribution in [3.8, 4) is 0 Å². The minimum atomic E-state index is -2.41. The van der Waals surface area contributed by atoms with Crippen LogP contribution >= 0.6 is 23.2 Å². The van der Waals surface area contributed by atoms with Gasteiger partial charge in [0.1, 0.15) is 0 Å². The van der Waals surface area contributed by atoms with Crippen molar-refractivity contribution in [3.63, 3.8) is 0 Å². The first-order valence-electron chi connectivity index (χ1n) is 5.00. The van der Waals surface area contributed by atoms with Gasteiger partial charge in [0.25, 0.3) is 6.43 Å². The number of benzene rings is 1. The molecular formula is C11H13Cl2F2N. The fourth-order valence-electron chi connectivity index (χ4n) is 1.44. The highest BCUT2D eigenvalue weighted by atomic mass is 35.5. The van der Waals surface area contributed by atoms with Gasteiger partial charge in [-0.2, -0.15) is 0 Å². The van der Waals surface area contributed by atoms with Gasteiger partial charge >= 0.3 is 0 Å². The molecule has 0 saturated carbocycles. The van der Waals surface area contributed by atoms with Crippen LogP contribution in [0.25, 0.3) is 0 Å². The molecule has 5 heteroatoms. The molecule has 0 fully saturated rings. The van der Waals surface area contributed by atoms with Gasteiger partial charge in [0.05, 0.1) is 6.04 Å². The fraction of sp³-hybridized carbons (Fsp3) is 0.455. The third-order valence-corrected chi connectivity index (χ3v) is 2.81. The molecule has 0 spiro atoms. The topological polar surface area (TPSA) is 12.0 Å². The van der Waals surface area contributed by atoms with E-state index in [1.807, 2.05) is 0 Å². The second kappa shape index (κ2) is 6.38. The van der Waals surface area contributed by atoms with Gasteiger partial charge in [-0.1, -0.05) is 36.2 Å². The molecule has 1 unspecified atom stereocenters. The molecule has 1 atom stereocenters. The lowest BCUT2D eigenvalue weighted by Crippen LogP contribution is -2.37. The number of alkyl halides is 2. The Balaban J connectivity index is 2.77. The number of hydrogen-bond acceptors (Lipinski definition) is 1. The molecule has 0 aromatic heterocycles. The number of rotatable bonds is 5. The van der Waals surface area contributed by atoms with E-state index in [0.29, 0.717) is 22.2 Å². The smallest absolute Gasteiger partial charge is 0.254 e. The average Bonchev–Trinajstić information content (AvgIpc) is 2.20. The summed E-state index contributed by atoms with van der Waals surface area (Å²) in [5, 5.41) is 3.66. The molecule has 0 radical (unpaired) electrons. The summed E-state index contributed by atoms with van der Waals surface area (Å²) < 4.78 is 25.3. The third kappa shape index (κ3) is 3.89. The molecule has 0 saturated heterocycles. The zero-order valence-corrected chi connectivity index (χ0v) is 10.3. The molecule has 0 aliphatic rings. The van der Waals surface area contributed by atoms with Crippen LogP contribution in [0.3, 0.4) is 0 Å². The first-order valence-corrected chi connectivity index (χ1v) is 5.75. The predicted octanol–water partition coefficient (Wildman–Crippen LogP) is 3.78. The van der Waals surface area contributed by atoms with Gasteiger partial charge in [0.2, 0.25) is 0 Å². The second-order valence-electron chi connectivity index (χ2n) is 3.44. The standard InChI is InChI=1S/C11H13Cl2F2N/c1-2-16-10(11(14)15)5-7-3-4-8(12)6-9(7)13/h3-4,6,10-11,16H,2,5H2,1H3. The van der Waals surface area contributed by atoms with E-state index in [2.05, 4.69) is 5.32 Å². The molecule has 0 aliphatic carbocycles. The van der Waals surface area contributed by atoms with E-state index >= 15 is 0 Å². The van der Waals surface area contributed by atoms with Gasteiger partial charge in [-0.3, -0.25) is 0 Å². The minimum absolute atomic E-state index is 0.196. The molecule has 1 nitrogen and oxygen atoms in total. The van der Waals surface area contributed by atoms with Gasteiger partial charge in [-0.05, 0) is 30.7 Å². The molecule has 1 N–H and O–H groups in total. The van der Waals surface area contributed by atoms with Crippen LogP contribution in [0.4, 0.5) is 8.78 Å². The molecule has 1 aromatic rings. The van der Waals surface area contributed by atoms with Crippen LogP contribution in [-0.2, 0) is 6.42 Å². The largest absolute Gasteiger partial charge is 0.309 e. The number of hydrogen-bond donors (Lipinski definition) is 1. The van der Waals surface area contributed by atoms with Crippen LogP contribution in [0.2, 0.25) is 10.0 Å². The molecule has 0 heterocycles. The van der Waals surface area contributed by atoms with E-state index in [1.54, 1.807) is 25.1 Å². The van der Waals surface area contributed by atoms with E-state index in [1.165, 1.54) is 0 Å². The van der Waals surface area contributed by atoms with E-state index in [-0.39, 0.29) is 6.42 Å². The summed E-state index contributed by atoms with van der Waals surface area (Å²) >= 11 is 11.7. The maximum absolute atomic E-state index is 12.7.